The van der Waals surface area contributed by atoms with Crippen LogP contribution in [-0.4, -0.2) is 19.3 Å². The van der Waals surface area contributed by atoms with Crippen LogP contribution in [0.1, 0.15) is 116 Å². The minimum Gasteiger partial charge on any atom is -0.457 e. The van der Waals surface area contributed by atoms with Gasteiger partial charge in [-0.05, 0) is 109 Å². The summed E-state index contributed by atoms with van der Waals surface area (Å²) >= 11 is 0. The number of pyridine rings is 1. The number of hydrogen-bond acceptors (Lipinski definition) is 3. The summed E-state index contributed by atoms with van der Waals surface area (Å²) in [6.45, 7) is 25.2. The minimum atomic E-state index is -0.0897. The number of aryl methyl sites for hydroxylation is 1. The first-order chi connectivity index (χ1) is 24.7. The lowest BCUT2D eigenvalue weighted by molar-refractivity contribution is 0.389. The Balaban J connectivity index is 1.35. The van der Waals surface area contributed by atoms with Gasteiger partial charge in [0.05, 0.1) is 28.1 Å². The van der Waals surface area contributed by atoms with E-state index < -0.39 is 0 Å². The van der Waals surface area contributed by atoms with Crippen molar-refractivity contribution in [1.82, 2.24) is 19.3 Å². The maximum absolute atomic E-state index is 6.86. The zero-order valence-electron chi connectivity index (χ0n) is 33.1. The van der Waals surface area contributed by atoms with Crippen molar-refractivity contribution in [3.8, 4) is 23.0 Å². The van der Waals surface area contributed by atoms with E-state index in [4.69, 9.17) is 14.8 Å². The minimum absolute atomic E-state index is 0.0897. The normalized spacial score (nSPS) is 18.2. The van der Waals surface area contributed by atoms with Gasteiger partial charge in [0.1, 0.15) is 17.3 Å². The Morgan fingerprint density at radius 2 is 1.60 bits per heavy atom. The molecule has 3 atom stereocenters. The monoisotopic (exact) mass is 692 g/mol. The molecule has 3 heterocycles. The van der Waals surface area contributed by atoms with Crippen molar-refractivity contribution < 1.29 is 4.74 Å². The molecule has 52 heavy (non-hydrogen) atoms. The molecule has 0 saturated heterocycles. The van der Waals surface area contributed by atoms with E-state index in [9.17, 15) is 0 Å². The molecule has 0 bridgehead atoms. The number of ether oxygens (including phenoxy) is 1. The number of allylic oxidation sites excluding steroid dienone is 2. The molecule has 1 aliphatic rings. The molecule has 0 radical (unpaired) electrons. The van der Waals surface area contributed by atoms with Crippen molar-refractivity contribution in [2.24, 2.45) is 17.8 Å². The number of para-hydroxylation sites is 1. The number of benzene rings is 3. The number of rotatable bonds is 8. The van der Waals surface area contributed by atoms with Gasteiger partial charge in [-0.3, -0.25) is 4.57 Å². The summed E-state index contributed by atoms with van der Waals surface area (Å²) in [6, 6.07) is 26.1. The highest BCUT2D eigenvalue weighted by atomic mass is 16.5. The number of nitrogens with zero attached hydrogens (tertiary/aromatic N) is 4. The van der Waals surface area contributed by atoms with Crippen molar-refractivity contribution in [2.45, 2.75) is 106 Å². The fraction of sp³-hybridized carbons (Fsp3) is 0.404. The Morgan fingerprint density at radius 1 is 0.846 bits per heavy atom. The second kappa shape index (κ2) is 13.7. The smallest absolute Gasteiger partial charge is 0.137 e. The van der Waals surface area contributed by atoms with Gasteiger partial charge in [-0.2, -0.15) is 5.10 Å². The molecule has 0 aliphatic heterocycles. The Kier molecular flexibility index (Phi) is 9.44. The molecule has 5 heteroatoms. The van der Waals surface area contributed by atoms with Gasteiger partial charge in [-0.1, -0.05) is 92.2 Å². The number of hydrogen-bond donors (Lipinski definition) is 0. The fourth-order valence-electron chi connectivity index (χ4n) is 8.77. The average molecular weight is 693 g/mol. The van der Waals surface area contributed by atoms with Gasteiger partial charge >= 0.3 is 0 Å². The van der Waals surface area contributed by atoms with Gasteiger partial charge in [0.2, 0.25) is 0 Å². The van der Waals surface area contributed by atoms with Crippen molar-refractivity contribution >= 4 is 21.8 Å². The first kappa shape index (κ1) is 35.7. The first-order valence-electron chi connectivity index (χ1n) is 19.3. The summed E-state index contributed by atoms with van der Waals surface area (Å²) < 4.78 is 11.4. The highest BCUT2D eigenvalue weighted by Crippen LogP contribution is 2.45. The van der Waals surface area contributed by atoms with E-state index in [1.165, 1.54) is 45.2 Å². The molecule has 7 rings (SSSR count). The van der Waals surface area contributed by atoms with Crippen LogP contribution < -0.4 is 4.74 Å². The van der Waals surface area contributed by atoms with Gasteiger partial charge < -0.3 is 4.74 Å². The summed E-state index contributed by atoms with van der Waals surface area (Å²) in [5.74, 6) is 4.94. The maximum atomic E-state index is 6.86. The SMILES string of the molecule is CC1=C[C@H](C)C[C@H](C)[C@H]1c1c(C)nn(-c2cc(Oc3ccc4c5ccccc5n(-c5cc(CC(C)C)ccn5)c4c3)cc(C(C)(C)C)c2)c1C(C)C. The summed E-state index contributed by atoms with van der Waals surface area (Å²) in [6.07, 6.45) is 6.63. The van der Waals surface area contributed by atoms with Crippen LogP contribution in [-0.2, 0) is 11.8 Å². The molecule has 270 valence electrons. The van der Waals surface area contributed by atoms with E-state index in [-0.39, 0.29) is 5.41 Å². The molecule has 0 spiro atoms. The van der Waals surface area contributed by atoms with E-state index >= 15 is 0 Å². The zero-order valence-corrected chi connectivity index (χ0v) is 33.1. The van der Waals surface area contributed by atoms with Crippen molar-refractivity contribution in [2.75, 3.05) is 0 Å². The molecule has 6 aromatic rings. The van der Waals surface area contributed by atoms with Crippen LogP contribution in [0.5, 0.6) is 11.5 Å². The van der Waals surface area contributed by atoms with Crippen molar-refractivity contribution in [3.05, 3.63) is 119 Å². The van der Waals surface area contributed by atoms with Crippen LogP contribution in [0.15, 0.2) is 90.6 Å². The Morgan fingerprint density at radius 3 is 2.31 bits per heavy atom. The van der Waals surface area contributed by atoms with E-state index in [1.54, 1.807) is 0 Å². The van der Waals surface area contributed by atoms with Gasteiger partial charge in [-0.25, -0.2) is 9.67 Å². The van der Waals surface area contributed by atoms with Gasteiger partial charge in [-0.15, -0.1) is 0 Å². The molecule has 0 amide bonds. The van der Waals surface area contributed by atoms with Gasteiger partial charge in [0.25, 0.3) is 0 Å². The quantitative estimate of drug-likeness (QED) is 0.149. The van der Waals surface area contributed by atoms with Gasteiger partial charge in [0, 0.05) is 40.6 Å². The fourth-order valence-corrected chi connectivity index (χ4v) is 8.77. The lowest BCUT2D eigenvalue weighted by Crippen LogP contribution is -2.21. The highest BCUT2D eigenvalue weighted by Gasteiger charge is 2.33. The molecule has 5 nitrogen and oxygen atoms in total. The highest BCUT2D eigenvalue weighted by molar-refractivity contribution is 6.09. The van der Waals surface area contributed by atoms with Crippen LogP contribution in [0.2, 0.25) is 0 Å². The summed E-state index contributed by atoms with van der Waals surface area (Å²) in [7, 11) is 0. The van der Waals surface area contributed by atoms with Gasteiger partial charge in [0.15, 0.2) is 0 Å². The molecule has 0 unspecified atom stereocenters. The molecule has 3 aromatic heterocycles. The molecule has 3 aromatic carbocycles. The van der Waals surface area contributed by atoms with Crippen LogP contribution in [0, 0.1) is 24.7 Å². The van der Waals surface area contributed by atoms with Crippen molar-refractivity contribution in [1.29, 1.82) is 0 Å². The summed E-state index contributed by atoms with van der Waals surface area (Å²) in [4.78, 5) is 4.87. The van der Waals surface area contributed by atoms with Crippen LogP contribution >= 0.6 is 0 Å². The first-order valence-corrected chi connectivity index (χ1v) is 19.3. The summed E-state index contributed by atoms with van der Waals surface area (Å²) in [5.41, 5.74) is 11.0. The van der Waals surface area contributed by atoms with E-state index in [0.717, 1.165) is 46.2 Å². The van der Waals surface area contributed by atoms with E-state index in [2.05, 4.69) is 164 Å². The zero-order chi connectivity index (χ0) is 37.1. The molecular weight excluding hydrogens is 637 g/mol. The third-order valence-corrected chi connectivity index (χ3v) is 10.9. The molecule has 0 fully saturated rings. The van der Waals surface area contributed by atoms with Crippen molar-refractivity contribution in [3.63, 3.8) is 0 Å². The van der Waals surface area contributed by atoms with E-state index in [0.29, 0.717) is 29.6 Å². The predicted molar refractivity (Wildman–Crippen MR) is 218 cm³/mol. The van der Waals surface area contributed by atoms with Crippen LogP contribution in [0.4, 0.5) is 0 Å². The summed E-state index contributed by atoms with van der Waals surface area (Å²) in [5, 5.41) is 7.68. The number of aromatic nitrogens is 4. The second-order valence-corrected chi connectivity index (χ2v) is 17.2. The molecular formula is C47H56N4O. The van der Waals surface area contributed by atoms with E-state index in [1.807, 2.05) is 6.20 Å². The Bertz CT molecular complexity index is 2290. The Hall–Kier alpha value is -4.64. The molecule has 1 aliphatic carbocycles. The maximum Gasteiger partial charge on any atom is 0.137 e. The Labute approximate surface area is 310 Å². The molecule has 0 N–H and O–H groups in total. The average Bonchev–Trinajstić information content (AvgIpc) is 3.58. The predicted octanol–water partition coefficient (Wildman–Crippen LogP) is 12.8. The third kappa shape index (κ3) is 6.71. The third-order valence-electron chi connectivity index (χ3n) is 10.9. The topological polar surface area (TPSA) is 44.9 Å². The lowest BCUT2D eigenvalue weighted by Gasteiger charge is -2.33. The standard InChI is InChI=1S/C47H56N4O/c1-28(2)20-34-18-19-48-43(23-34)50-41-15-13-12-14-39(41)40-17-16-37(27-42(40)50)52-38-25-35(47(9,10)11)24-36(26-38)51-46(29(3)4)45(33(8)49-51)44-31(6)21-30(5)22-32(44)7/h12-19,21,23-30,32,44H,20,22H2,1-11H3/t30-,32-,44-/m0/s1. The lowest BCUT2D eigenvalue weighted by atomic mass is 9.71. The number of fused-ring (bicyclic) bond motifs is 3. The second-order valence-electron chi connectivity index (χ2n) is 17.2. The molecule has 0 saturated carbocycles. The van der Waals surface area contributed by atoms with Crippen LogP contribution in [0.3, 0.4) is 0 Å². The largest absolute Gasteiger partial charge is 0.457 e. The van der Waals surface area contributed by atoms with Crippen LogP contribution in [0.25, 0.3) is 33.3 Å².